The van der Waals surface area contributed by atoms with Crippen molar-refractivity contribution >= 4 is 11.9 Å². The highest BCUT2D eigenvalue weighted by atomic mass is 16.6. The van der Waals surface area contributed by atoms with Crippen molar-refractivity contribution in [2.24, 2.45) is 5.41 Å². The maximum absolute atomic E-state index is 14.1. The number of hydrogen-bond donors (Lipinski definition) is 0. The lowest BCUT2D eigenvalue weighted by Crippen LogP contribution is -2.43. The Labute approximate surface area is 430 Å². The lowest BCUT2D eigenvalue weighted by atomic mass is 9.77. The van der Waals surface area contributed by atoms with Crippen LogP contribution in [0.5, 0.6) is 0 Å². The molecule has 0 saturated carbocycles. The molecular weight excluding hydrogens is 925 g/mol. The molecule has 18 heteroatoms. The average molecular weight is 1030 g/mol. The van der Waals surface area contributed by atoms with Crippen molar-refractivity contribution in [2.75, 3.05) is 199 Å². The standard InChI is InChI=1S/C53H104O18/c1-5-7-9-11-13-15-17-19-21-53(22-20-18-16-14-12-10-8-6-2,51(54)70-49-47-68-45-43-66-41-39-64-37-35-62-33-31-60-29-27-58-25-23-56-3)52(55)71-50-48-69-46-44-67-42-40-65-38-36-63-34-32-61-30-28-59-26-24-57-4/h5-50H2,1-4H3. The van der Waals surface area contributed by atoms with E-state index in [-0.39, 0.29) is 26.4 Å². The largest absolute Gasteiger partial charge is 0.462 e. The van der Waals surface area contributed by atoms with Gasteiger partial charge in [-0.05, 0) is 12.8 Å². The fraction of sp³-hybridized carbons (Fsp3) is 0.962. The molecule has 0 aromatic heterocycles. The van der Waals surface area contributed by atoms with Crippen molar-refractivity contribution in [2.45, 2.75) is 129 Å². The monoisotopic (exact) mass is 1030 g/mol. The predicted molar refractivity (Wildman–Crippen MR) is 272 cm³/mol. The summed E-state index contributed by atoms with van der Waals surface area (Å²) < 4.78 is 87.9. The van der Waals surface area contributed by atoms with Crippen LogP contribution in [0.4, 0.5) is 0 Å². The Morgan fingerprint density at radius 1 is 0.254 bits per heavy atom. The van der Waals surface area contributed by atoms with E-state index in [0.717, 1.165) is 51.4 Å². The Bertz CT molecular complexity index is 980. The summed E-state index contributed by atoms with van der Waals surface area (Å²) in [5.41, 5.74) is -1.38. The summed E-state index contributed by atoms with van der Waals surface area (Å²) in [5.74, 6) is -1.06. The summed E-state index contributed by atoms with van der Waals surface area (Å²) in [6.07, 6.45) is 18.4. The number of hydrogen-bond acceptors (Lipinski definition) is 18. The Hall–Kier alpha value is -1.62. The summed E-state index contributed by atoms with van der Waals surface area (Å²) >= 11 is 0. The topological polar surface area (TPSA) is 182 Å². The van der Waals surface area contributed by atoms with Crippen LogP contribution in [-0.2, 0) is 85.4 Å². The molecule has 0 N–H and O–H groups in total. The Balaban J connectivity index is 4.74. The minimum Gasteiger partial charge on any atom is -0.462 e. The van der Waals surface area contributed by atoms with Crippen LogP contribution < -0.4 is 0 Å². The fourth-order valence-corrected chi connectivity index (χ4v) is 7.09. The van der Waals surface area contributed by atoms with Crippen molar-refractivity contribution in [1.82, 2.24) is 0 Å². The van der Waals surface area contributed by atoms with Gasteiger partial charge in [-0.1, -0.05) is 117 Å². The first-order valence-electron chi connectivity index (χ1n) is 27.3. The van der Waals surface area contributed by atoms with Gasteiger partial charge in [0.25, 0.3) is 0 Å². The van der Waals surface area contributed by atoms with Crippen molar-refractivity contribution in [3.8, 4) is 0 Å². The van der Waals surface area contributed by atoms with Crippen molar-refractivity contribution in [1.29, 1.82) is 0 Å². The van der Waals surface area contributed by atoms with E-state index >= 15 is 0 Å². The summed E-state index contributed by atoms with van der Waals surface area (Å²) in [5, 5.41) is 0. The summed E-state index contributed by atoms with van der Waals surface area (Å²) in [7, 11) is 3.28. The zero-order valence-corrected chi connectivity index (χ0v) is 45.4. The van der Waals surface area contributed by atoms with Gasteiger partial charge in [-0.3, -0.25) is 9.59 Å². The number of carbonyl (C=O) groups excluding carboxylic acids is 2. The van der Waals surface area contributed by atoms with E-state index in [0.29, 0.717) is 171 Å². The lowest BCUT2D eigenvalue weighted by Gasteiger charge is -2.30. The number of esters is 2. The fourth-order valence-electron chi connectivity index (χ4n) is 7.09. The summed E-state index contributed by atoms with van der Waals surface area (Å²) in [4.78, 5) is 28.2. The van der Waals surface area contributed by atoms with E-state index in [4.69, 9.17) is 75.8 Å². The second-order valence-corrected chi connectivity index (χ2v) is 17.1. The first kappa shape index (κ1) is 69.4. The van der Waals surface area contributed by atoms with E-state index in [2.05, 4.69) is 13.8 Å². The van der Waals surface area contributed by atoms with Crippen LogP contribution in [0.1, 0.15) is 129 Å². The third kappa shape index (κ3) is 49.0. The quantitative estimate of drug-likeness (QED) is 0.0329. The molecule has 18 nitrogen and oxygen atoms in total. The van der Waals surface area contributed by atoms with Crippen molar-refractivity contribution in [3.63, 3.8) is 0 Å². The van der Waals surface area contributed by atoms with Crippen LogP contribution in [0.15, 0.2) is 0 Å². The molecule has 0 rings (SSSR count). The van der Waals surface area contributed by atoms with Gasteiger partial charge in [-0.15, -0.1) is 0 Å². The molecule has 0 aromatic rings. The Morgan fingerprint density at radius 2 is 0.437 bits per heavy atom. The van der Waals surface area contributed by atoms with Gasteiger partial charge in [0, 0.05) is 14.2 Å². The first-order valence-corrected chi connectivity index (χ1v) is 27.3. The van der Waals surface area contributed by atoms with Crippen LogP contribution in [0.3, 0.4) is 0 Å². The molecule has 0 aliphatic heterocycles. The number of ether oxygens (including phenoxy) is 16. The Morgan fingerprint density at radius 3 is 0.648 bits per heavy atom. The van der Waals surface area contributed by atoms with E-state index < -0.39 is 17.4 Å². The number of unbranched alkanes of at least 4 members (excludes halogenated alkanes) is 14. The molecule has 0 amide bonds. The van der Waals surface area contributed by atoms with Crippen LogP contribution >= 0.6 is 0 Å². The molecule has 0 unspecified atom stereocenters. The minimum atomic E-state index is -1.38. The van der Waals surface area contributed by atoms with Gasteiger partial charge in [0.1, 0.15) is 13.2 Å². The van der Waals surface area contributed by atoms with Gasteiger partial charge >= 0.3 is 11.9 Å². The summed E-state index contributed by atoms with van der Waals surface area (Å²) in [6, 6.07) is 0. The SMILES string of the molecule is CCCCCCCCCCC(CCCCCCCCCC)(C(=O)OCCOCCOCCOCCOCCOCCOCCOC)C(=O)OCCOCCOCCOCCOCCOCCOCCOC. The lowest BCUT2D eigenvalue weighted by molar-refractivity contribution is -0.176. The molecule has 0 radical (unpaired) electrons. The average Bonchev–Trinajstić information content (AvgIpc) is 3.38. The van der Waals surface area contributed by atoms with Crippen LogP contribution in [0, 0.1) is 5.41 Å². The van der Waals surface area contributed by atoms with E-state index in [9.17, 15) is 9.59 Å². The second-order valence-electron chi connectivity index (χ2n) is 17.1. The number of rotatable bonds is 62. The number of carbonyl (C=O) groups is 2. The molecule has 0 aliphatic rings. The zero-order valence-electron chi connectivity index (χ0n) is 45.4. The van der Waals surface area contributed by atoms with Crippen LogP contribution in [-0.4, -0.2) is 211 Å². The second kappa shape index (κ2) is 59.3. The van der Waals surface area contributed by atoms with Gasteiger partial charge in [-0.25, -0.2) is 0 Å². The highest BCUT2D eigenvalue weighted by Crippen LogP contribution is 2.35. The van der Waals surface area contributed by atoms with E-state index in [1.165, 1.54) is 51.4 Å². The van der Waals surface area contributed by atoms with Crippen LogP contribution in [0.2, 0.25) is 0 Å². The molecule has 424 valence electrons. The highest BCUT2D eigenvalue weighted by Gasteiger charge is 2.48. The van der Waals surface area contributed by atoms with Crippen molar-refractivity contribution in [3.05, 3.63) is 0 Å². The zero-order chi connectivity index (χ0) is 51.5. The molecule has 0 saturated heterocycles. The minimum absolute atomic E-state index is 0.0312. The molecule has 0 atom stereocenters. The van der Waals surface area contributed by atoms with Crippen LogP contribution in [0.25, 0.3) is 0 Å². The van der Waals surface area contributed by atoms with E-state index in [1.54, 1.807) is 14.2 Å². The molecule has 0 heterocycles. The molecule has 71 heavy (non-hydrogen) atoms. The smallest absolute Gasteiger partial charge is 0.323 e. The molecule has 0 aliphatic carbocycles. The van der Waals surface area contributed by atoms with Gasteiger partial charge in [-0.2, -0.15) is 0 Å². The third-order valence-corrected chi connectivity index (χ3v) is 11.2. The number of methoxy groups -OCH3 is 2. The normalized spacial score (nSPS) is 11.8. The Kier molecular flexibility index (Phi) is 57.9. The van der Waals surface area contributed by atoms with Gasteiger partial charge in [0.05, 0.1) is 172 Å². The summed E-state index contributed by atoms with van der Waals surface area (Å²) in [6.45, 7) is 16.2. The van der Waals surface area contributed by atoms with Gasteiger partial charge in [0.15, 0.2) is 5.41 Å². The first-order chi connectivity index (χ1) is 35.1. The van der Waals surface area contributed by atoms with E-state index in [1.807, 2.05) is 0 Å². The maximum atomic E-state index is 14.1. The van der Waals surface area contributed by atoms with Gasteiger partial charge in [0.2, 0.25) is 0 Å². The predicted octanol–water partition coefficient (Wildman–Crippen LogP) is 7.61. The highest BCUT2D eigenvalue weighted by molar-refractivity contribution is 6.00. The van der Waals surface area contributed by atoms with Gasteiger partial charge < -0.3 is 75.8 Å². The third-order valence-electron chi connectivity index (χ3n) is 11.2. The molecule has 0 spiro atoms. The maximum Gasteiger partial charge on any atom is 0.323 e. The molecular formula is C53H104O18. The molecule has 0 fully saturated rings. The molecule has 0 bridgehead atoms. The molecule has 0 aromatic carbocycles. The van der Waals surface area contributed by atoms with Crippen molar-refractivity contribution < 1.29 is 85.4 Å².